The predicted molar refractivity (Wildman–Crippen MR) is 111 cm³/mol. The molecule has 1 N–H and O–H groups in total. The second-order valence-corrected chi connectivity index (χ2v) is 7.96. The van der Waals surface area contributed by atoms with Gasteiger partial charge in [-0.15, -0.1) is 0 Å². The average Bonchev–Trinajstić information content (AvgIpc) is 2.73. The highest BCUT2D eigenvalue weighted by Crippen LogP contribution is 2.41. The average molecular weight is 394 g/mol. The smallest absolute Gasteiger partial charge is 0.227 e. The highest BCUT2D eigenvalue weighted by Gasteiger charge is 2.30. The topological polar surface area (TPSA) is 42.0 Å². The molecular formula is C24H24F2N2O. The highest BCUT2D eigenvalue weighted by atomic mass is 19.1. The van der Waals surface area contributed by atoms with Crippen LogP contribution in [-0.4, -0.2) is 10.9 Å². The molecular weight excluding hydrogens is 370 g/mol. The van der Waals surface area contributed by atoms with Crippen LogP contribution in [0, 0.1) is 23.5 Å². The van der Waals surface area contributed by atoms with E-state index in [1.807, 2.05) is 13.0 Å². The SMILES string of the molecule is C[C@@H](C(=O)Nc1cccc(F)c1)[C@H]1CC[C@@H](c2ccnc3ccc(F)cc32)CC1. The number of halogens is 2. The number of amides is 1. The first-order valence-electron chi connectivity index (χ1n) is 10.1. The van der Waals surface area contributed by atoms with Gasteiger partial charge in [0.1, 0.15) is 11.6 Å². The molecule has 0 aliphatic heterocycles. The molecule has 1 saturated carbocycles. The van der Waals surface area contributed by atoms with Crippen molar-refractivity contribution in [2.24, 2.45) is 11.8 Å². The summed E-state index contributed by atoms with van der Waals surface area (Å²) >= 11 is 0. The molecule has 2 aromatic carbocycles. The number of pyridine rings is 1. The van der Waals surface area contributed by atoms with Crippen molar-refractivity contribution in [3.8, 4) is 0 Å². The second-order valence-electron chi connectivity index (χ2n) is 7.96. The molecule has 0 unspecified atom stereocenters. The molecule has 1 aromatic heterocycles. The van der Waals surface area contributed by atoms with E-state index in [2.05, 4.69) is 10.3 Å². The lowest BCUT2D eigenvalue weighted by Crippen LogP contribution is -2.29. The molecule has 0 spiro atoms. The lowest BCUT2D eigenvalue weighted by molar-refractivity contribution is -0.121. The minimum Gasteiger partial charge on any atom is -0.326 e. The number of carbonyl (C=O) groups is 1. The summed E-state index contributed by atoms with van der Waals surface area (Å²) in [5.41, 5.74) is 2.44. The van der Waals surface area contributed by atoms with Gasteiger partial charge in [-0.25, -0.2) is 8.78 Å². The van der Waals surface area contributed by atoms with E-state index in [-0.39, 0.29) is 29.4 Å². The van der Waals surface area contributed by atoms with Gasteiger partial charge in [-0.05, 0) is 85.5 Å². The van der Waals surface area contributed by atoms with Crippen molar-refractivity contribution in [1.29, 1.82) is 0 Å². The van der Waals surface area contributed by atoms with E-state index >= 15 is 0 Å². The number of hydrogen-bond donors (Lipinski definition) is 1. The number of rotatable bonds is 4. The van der Waals surface area contributed by atoms with Crippen molar-refractivity contribution in [2.45, 2.75) is 38.5 Å². The summed E-state index contributed by atoms with van der Waals surface area (Å²) in [6.45, 7) is 1.94. The lowest BCUT2D eigenvalue weighted by atomic mass is 9.73. The van der Waals surface area contributed by atoms with Gasteiger partial charge in [-0.2, -0.15) is 0 Å². The van der Waals surface area contributed by atoms with Gasteiger partial charge in [-0.3, -0.25) is 9.78 Å². The van der Waals surface area contributed by atoms with E-state index in [1.165, 1.54) is 18.2 Å². The van der Waals surface area contributed by atoms with Gasteiger partial charge in [0.2, 0.25) is 5.91 Å². The maximum Gasteiger partial charge on any atom is 0.227 e. The van der Waals surface area contributed by atoms with Crippen molar-refractivity contribution in [2.75, 3.05) is 5.32 Å². The molecule has 1 fully saturated rings. The van der Waals surface area contributed by atoms with Crippen LogP contribution in [-0.2, 0) is 4.79 Å². The minimum absolute atomic E-state index is 0.0736. The van der Waals surface area contributed by atoms with Crippen LogP contribution < -0.4 is 5.32 Å². The Morgan fingerprint density at radius 1 is 1.03 bits per heavy atom. The molecule has 29 heavy (non-hydrogen) atoms. The maximum atomic E-state index is 13.7. The van der Waals surface area contributed by atoms with Crippen molar-refractivity contribution in [1.82, 2.24) is 4.98 Å². The number of anilines is 1. The summed E-state index contributed by atoms with van der Waals surface area (Å²) in [5.74, 6) is -0.206. The van der Waals surface area contributed by atoms with Crippen LogP contribution in [0.5, 0.6) is 0 Å². The van der Waals surface area contributed by atoms with Crippen molar-refractivity contribution in [3.63, 3.8) is 0 Å². The van der Waals surface area contributed by atoms with Crippen LogP contribution in [0.2, 0.25) is 0 Å². The fourth-order valence-corrected chi connectivity index (χ4v) is 4.46. The Morgan fingerprint density at radius 2 is 1.79 bits per heavy atom. The second kappa shape index (κ2) is 8.27. The highest BCUT2D eigenvalue weighted by molar-refractivity contribution is 5.92. The summed E-state index contributed by atoms with van der Waals surface area (Å²) in [6.07, 6.45) is 5.57. The van der Waals surface area contributed by atoms with E-state index in [0.717, 1.165) is 42.1 Å². The van der Waals surface area contributed by atoms with Crippen LogP contribution >= 0.6 is 0 Å². The standard InChI is InChI=1S/C24H24F2N2O/c1-15(24(29)28-20-4-2-3-18(25)13-20)16-5-7-17(8-6-16)21-11-12-27-23-10-9-19(26)14-22(21)23/h2-4,9-17H,5-8H2,1H3,(H,28,29)/t15-,16-,17+/m1/s1. The lowest BCUT2D eigenvalue weighted by Gasteiger charge is -2.32. The van der Waals surface area contributed by atoms with Crippen LogP contribution in [0.4, 0.5) is 14.5 Å². The third-order valence-electron chi connectivity index (χ3n) is 6.16. The number of fused-ring (bicyclic) bond motifs is 1. The Hall–Kier alpha value is -2.82. The summed E-state index contributed by atoms with van der Waals surface area (Å²) in [7, 11) is 0. The third kappa shape index (κ3) is 4.29. The first kappa shape index (κ1) is 19.5. The van der Waals surface area contributed by atoms with Gasteiger partial charge < -0.3 is 5.32 Å². The zero-order valence-corrected chi connectivity index (χ0v) is 16.4. The van der Waals surface area contributed by atoms with Gasteiger partial charge in [0.15, 0.2) is 0 Å². The quantitative estimate of drug-likeness (QED) is 0.584. The number of carbonyl (C=O) groups excluding carboxylic acids is 1. The Morgan fingerprint density at radius 3 is 2.55 bits per heavy atom. The van der Waals surface area contributed by atoms with E-state index < -0.39 is 0 Å². The summed E-state index contributed by atoms with van der Waals surface area (Å²) in [4.78, 5) is 16.9. The molecule has 0 bridgehead atoms. The van der Waals surface area contributed by atoms with E-state index in [0.29, 0.717) is 11.6 Å². The molecule has 1 aliphatic carbocycles. The first-order valence-corrected chi connectivity index (χ1v) is 10.1. The summed E-state index contributed by atoms with van der Waals surface area (Å²) < 4.78 is 27.1. The van der Waals surface area contributed by atoms with Crippen LogP contribution in [0.1, 0.15) is 44.1 Å². The number of nitrogens with zero attached hydrogens (tertiary/aromatic N) is 1. The first-order chi connectivity index (χ1) is 14.0. The van der Waals surface area contributed by atoms with Gasteiger partial charge in [0, 0.05) is 23.2 Å². The van der Waals surface area contributed by atoms with E-state index in [4.69, 9.17) is 0 Å². The molecule has 5 heteroatoms. The molecule has 150 valence electrons. The number of hydrogen-bond acceptors (Lipinski definition) is 2. The maximum absolute atomic E-state index is 13.7. The van der Waals surface area contributed by atoms with Crippen molar-refractivity contribution >= 4 is 22.5 Å². The Labute approximate surface area is 169 Å². The van der Waals surface area contributed by atoms with Crippen molar-refractivity contribution < 1.29 is 13.6 Å². The van der Waals surface area contributed by atoms with Crippen molar-refractivity contribution in [3.05, 3.63) is 71.9 Å². The molecule has 3 aromatic rings. The fourth-order valence-electron chi connectivity index (χ4n) is 4.46. The zero-order valence-electron chi connectivity index (χ0n) is 16.4. The van der Waals surface area contributed by atoms with Crippen LogP contribution in [0.25, 0.3) is 10.9 Å². The molecule has 1 aliphatic rings. The molecule has 4 rings (SSSR count). The van der Waals surface area contributed by atoms with Gasteiger partial charge in [0.05, 0.1) is 5.52 Å². The Bertz CT molecular complexity index is 1030. The molecule has 1 atom stereocenters. The van der Waals surface area contributed by atoms with Gasteiger partial charge >= 0.3 is 0 Å². The van der Waals surface area contributed by atoms with Gasteiger partial charge in [0.25, 0.3) is 0 Å². The number of benzene rings is 2. The summed E-state index contributed by atoms with van der Waals surface area (Å²) in [6, 6.07) is 12.7. The molecule has 3 nitrogen and oxygen atoms in total. The number of nitrogens with one attached hydrogen (secondary N) is 1. The third-order valence-corrected chi connectivity index (χ3v) is 6.16. The molecule has 0 radical (unpaired) electrons. The van der Waals surface area contributed by atoms with Crippen LogP contribution in [0.15, 0.2) is 54.7 Å². The largest absolute Gasteiger partial charge is 0.326 e. The normalized spacial score (nSPS) is 20.4. The summed E-state index contributed by atoms with van der Waals surface area (Å²) in [5, 5.41) is 3.71. The van der Waals surface area contributed by atoms with E-state index in [9.17, 15) is 13.6 Å². The molecule has 1 heterocycles. The zero-order chi connectivity index (χ0) is 20.4. The Balaban J connectivity index is 1.41. The number of aromatic nitrogens is 1. The molecule has 1 amide bonds. The van der Waals surface area contributed by atoms with Crippen LogP contribution in [0.3, 0.4) is 0 Å². The minimum atomic E-state index is -0.364. The predicted octanol–water partition coefficient (Wildman–Crippen LogP) is 6.06. The molecule has 0 saturated heterocycles. The Kier molecular flexibility index (Phi) is 5.56. The van der Waals surface area contributed by atoms with E-state index in [1.54, 1.807) is 30.5 Å². The van der Waals surface area contributed by atoms with Gasteiger partial charge in [-0.1, -0.05) is 13.0 Å². The monoisotopic (exact) mass is 394 g/mol. The fraction of sp³-hybridized carbons (Fsp3) is 0.333.